The Bertz CT molecular complexity index is 804. The first kappa shape index (κ1) is 20.8. The Balaban J connectivity index is 1.23. The van der Waals surface area contributed by atoms with Crippen molar-refractivity contribution in [3.05, 3.63) is 17.5 Å². The first-order valence-electron chi connectivity index (χ1n) is 10.9. The van der Waals surface area contributed by atoms with Gasteiger partial charge in [0.2, 0.25) is 10.0 Å². The van der Waals surface area contributed by atoms with Crippen molar-refractivity contribution in [2.45, 2.75) is 69.4 Å². The Kier molecular flexibility index (Phi) is 6.27. The molecule has 1 aliphatic heterocycles. The lowest BCUT2D eigenvalue weighted by molar-refractivity contribution is 0.0914. The van der Waals surface area contributed by atoms with E-state index in [1.165, 1.54) is 0 Å². The molecular formula is C20H32N4O4S. The number of hydrogen-bond donors (Lipinski definition) is 2. The van der Waals surface area contributed by atoms with Crippen LogP contribution in [0.4, 0.5) is 0 Å². The van der Waals surface area contributed by atoms with Gasteiger partial charge in [-0.15, -0.1) is 0 Å². The predicted octanol–water partition coefficient (Wildman–Crippen LogP) is 1.85. The maximum Gasteiger partial charge on any atom is 0.273 e. The summed E-state index contributed by atoms with van der Waals surface area (Å²) in [6, 6.07) is 2.23. The van der Waals surface area contributed by atoms with Crippen LogP contribution in [0.15, 0.2) is 10.6 Å². The number of amides is 1. The molecule has 2 aliphatic carbocycles. The van der Waals surface area contributed by atoms with Crippen LogP contribution in [0.5, 0.6) is 0 Å². The minimum Gasteiger partial charge on any atom is -0.360 e. The lowest BCUT2D eigenvalue weighted by Crippen LogP contribution is -2.47. The van der Waals surface area contributed by atoms with Crippen LogP contribution in [0, 0.1) is 5.92 Å². The fraction of sp³-hybridized carbons (Fsp3) is 0.800. The number of rotatable bonds is 7. The predicted molar refractivity (Wildman–Crippen MR) is 109 cm³/mol. The molecule has 0 unspecified atom stereocenters. The average molecular weight is 425 g/mol. The SMILES string of the molecule is CNC1CCC(CS(=O)(=O)N2CCC(NC(=O)c3cc(C4CC4)on3)CC2)CC1. The smallest absolute Gasteiger partial charge is 0.273 e. The summed E-state index contributed by atoms with van der Waals surface area (Å²) in [6.07, 6.45) is 7.50. The van der Waals surface area contributed by atoms with Crippen LogP contribution in [-0.4, -0.2) is 61.8 Å². The molecular weight excluding hydrogens is 392 g/mol. The summed E-state index contributed by atoms with van der Waals surface area (Å²) in [4.78, 5) is 12.4. The van der Waals surface area contributed by atoms with E-state index in [4.69, 9.17) is 4.52 Å². The second-order valence-electron chi connectivity index (χ2n) is 8.82. The van der Waals surface area contributed by atoms with Gasteiger partial charge in [-0.05, 0) is 64.3 Å². The maximum absolute atomic E-state index is 12.8. The first-order valence-corrected chi connectivity index (χ1v) is 12.5. The molecule has 162 valence electrons. The van der Waals surface area contributed by atoms with E-state index in [0.717, 1.165) is 44.3 Å². The van der Waals surface area contributed by atoms with Gasteiger partial charge in [0.1, 0.15) is 5.76 Å². The molecule has 9 heteroatoms. The summed E-state index contributed by atoms with van der Waals surface area (Å²) >= 11 is 0. The second-order valence-corrected chi connectivity index (χ2v) is 10.8. The molecule has 1 aromatic rings. The van der Waals surface area contributed by atoms with Crippen LogP contribution in [0.1, 0.15) is 73.5 Å². The van der Waals surface area contributed by atoms with E-state index < -0.39 is 10.0 Å². The minimum absolute atomic E-state index is 0.0268. The molecule has 4 rings (SSSR count). The van der Waals surface area contributed by atoms with E-state index in [1.807, 2.05) is 7.05 Å². The molecule has 1 aromatic heterocycles. The first-order chi connectivity index (χ1) is 13.9. The molecule has 0 radical (unpaired) electrons. The summed E-state index contributed by atoms with van der Waals surface area (Å²) in [5.74, 6) is 1.49. The molecule has 3 aliphatic rings. The fourth-order valence-electron chi connectivity index (χ4n) is 4.52. The van der Waals surface area contributed by atoms with Gasteiger partial charge in [-0.3, -0.25) is 4.79 Å². The maximum atomic E-state index is 12.8. The zero-order chi connectivity index (χ0) is 20.4. The van der Waals surface area contributed by atoms with Crippen LogP contribution in [0.2, 0.25) is 0 Å². The van der Waals surface area contributed by atoms with Crippen LogP contribution in [0.25, 0.3) is 0 Å². The summed E-state index contributed by atoms with van der Waals surface area (Å²) in [7, 11) is -1.27. The molecule has 2 N–H and O–H groups in total. The fourth-order valence-corrected chi connectivity index (χ4v) is 6.42. The highest BCUT2D eigenvalue weighted by Gasteiger charge is 2.33. The zero-order valence-electron chi connectivity index (χ0n) is 17.1. The summed E-state index contributed by atoms with van der Waals surface area (Å²) < 4.78 is 32.5. The third-order valence-corrected chi connectivity index (χ3v) is 8.67. The number of sulfonamides is 1. The van der Waals surface area contributed by atoms with Gasteiger partial charge in [0.05, 0.1) is 5.75 Å². The monoisotopic (exact) mass is 424 g/mol. The van der Waals surface area contributed by atoms with Gasteiger partial charge in [0.15, 0.2) is 5.69 Å². The number of carbonyl (C=O) groups excluding carboxylic acids is 1. The Morgan fingerprint density at radius 1 is 1.10 bits per heavy atom. The summed E-state index contributed by atoms with van der Waals surface area (Å²) in [5, 5.41) is 10.1. The molecule has 8 nitrogen and oxygen atoms in total. The van der Waals surface area contributed by atoms with E-state index in [2.05, 4.69) is 15.8 Å². The van der Waals surface area contributed by atoms with Gasteiger partial charge >= 0.3 is 0 Å². The topological polar surface area (TPSA) is 105 Å². The normalized spacial score (nSPS) is 27.1. The van der Waals surface area contributed by atoms with Crippen molar-refractivity contribution in [3.63, 3.8) is 0 Å². The van der Waals surface area contributed by atoms with Crippen molar-refractivity contribution in [2.75, 3.05) is 25.9 Å². The summed E-state index contributed by atoms with van der Waals surface area (Å²) in [6.45, 7) is 0.927. The molecule has 3 fully saturated rings. The van der Waals surface area contributed by atoms with E-state index >= 15 is 0 Å². The highest BCUT2D eigenvalue weighted by molar-refractivity contribution is 7.89. The third-order valence-electron chi connectivity index (χ3n) is 6.62. The third kappa shape index (κ3) is 5.19. The Morgan fingerprint density at radius 3 is 2.41 bits per heavy atom. The van der Waals surface area contributed by atoms with Gasteiger partial charge < -0.3 is 15.2 Å². The van der Waals surface area contributed by atoms with Crippen LogP contribution < -0.4 is 10.6 Å². The minimum atomic E-state index is -3.24. The van der Waals surface area contributed by atoms with Gasteiger partial charge in [0.25, 0.3) is 5.91 Å². The van der Waals surface area contributed by atoms with E-state index in [0.29, 0.717) is 43.6 Å². The van der Waals surface area contributed by atoms with Crippen molar-refractivity contribution in [1.82, 2.24) is 20.1 Å². The van der Waals surface area contributed by atoms with Crippen molar-refractivity contribution < 1.29 is 17.7 Å². The molecule has 1 amide bonds. The summed E-state index contributed by atoms with van der Waals surface area (Å²) in [5.41, 5.74) is 0.319. The number of carbonyl (C=O) groups is 1. The van der Waals surface area contributed by atoms with Crippen molar-refractivity contribution in [2.24, 2.45) is 5.92 Å². The molecule has 0 bridgehead atoms. The Hall–Kier alpha value is -1.45. The Labute approximate surface area is 172 Å². The molecule has 2 heterocycles. The standard InChI is InChI=1S/C20H32N4O4S/c1-21-16-6-2-14(3-7-16)13-29(26,27)24-10-8-17(9-11-24)22-20(25)18-12-19(28-23-18)15-4-5-15/h12,14-17,21H,2-11,13H2,1H3,(H,22,25). The number of nitrogens with one attached hydrogen (secondary N) is 2. The molecule has 0 aromatic carbocycles. The number of hydrogen-bond acceptors (Lipinski definition) is 6. The largest absolute Gasteiger partial charge is 0.360 e. The molecule has 1 saturated heterocycles. The molecule has 29 heavy (non-hydrogen) atoms. The Morgan fingerprint density at radius 2 is 1.79 bits per heavy atom. The highest BCUT2D eigenvalue weighted by atomic mass is 32.2. The van der Waals surface area contributed by atoms with Gasteiger partial charge in [-0.25, -0.2) is 12.7 Å². The number of nitrogens with zero attached hydrogens (tertiary/aromatic N) is 2. The zero-order valence-corrected chi connectivity index (χ0v) is 17.9. The van der Waals surface area contributed by atoms with Crippen molar-refractivity contribution >= 4 is 15.9 Å². The lowest BCUT2D eigenvalue weighted by atomic mass is 9.87. The van der Waals surface area contributed by atoms with E-state index in [1.54, 1.807) is 10.4 Å². The van der Waals surface area contributed by atoms with Crippen LogP contribution in [-0.2, 0) is 10.0 Å². The van der Waals surface area contributed by atoms with E-state index in [-0.39, 0.29) is 23.6 Å². The van der Waals surface area contributed by atoms with E-state index in [9.17, 15) is 13.2 Å². The second kappa shape index (κ2) is 8.73. The van der Waals surface area contributed by atoms with Crippen LogP contribution >= 0.6 is 0 Å². The number of piperidine rings is 1. The lowest BCUT2D eigenvalue weighted by Gasteiger charge is -2.34. The van der Waals surface area contributed by atoms with Gasteiger partial charge in [0, 0.05) is 37.2 Å². The molecule has 0 atom stereocenters. The van der Waals surface area contributed by atoms with Gasteiger partial charge in [-0.1, -0.05) is 5.16 Å². The number of aromatic nitrogens is 1. The molecule has 0 spiro atoms. The quantitative estimate of drug-likeness (QED) is 0.692. The van der Waals surface area contributed by atoms with Crippen molar-refractivity contribution in [1.29, 1.82) is 0 Å². The average Bonchev–Trinajstić information content (AvgIpc) is 3.45. The molecule has 2 saturated carbocycles. The van der Waals surface area contributed by atoms with Gasteiger partial charge in [-0.2, -0.15) is 0 Å². The van der Waals surface area contributed by atoms with Crippen molar-refractivity contribution in [3.8, 4) is 0 Å². The highest BCUT2D eigenvalue weighted by Crippen LogP contribution is 2.40. The van der Waals surface area contributed by atoms with Crippen LogP contribution in [0.3, 0.4) is 0 Å².